The van der Waals surface area contributed by atoms with Crippen molar-refractivity contribution in [3.8, 4) is 5.75 Å². The van der Waals surface area contributed by atoms with Gasteiger partial charge in [0.1, 0.15) is 5.75 Å². The molecular weight excluding hydrogens is 302 g/mol. The Labute approximate surface area is 144 Å². The van der Waals surface area contributed by atoms with Gasteiger partial charge >= 0.3 is 0 Å². The third kappa shape index (κ3) is 4.46. The highest BCUT2D eigenvalue weighted by Crippen LogP contribution is 2.29. The minimum absolute atomic E-state index is 0.0941. The first-order chi connectivity index (χ1) is 11.7. The maximum atomic E-state index is 12.7. The van der Waals surface area contributed by atoms with E-state index >= 15 is 0 Å². The van der Waals surface area contributed by atoms with Crippen molar-refractivity contribution >= 4 is 5.91 Å². The fourth-order valence-electron chi connectivity index (χ4n) is 3.05. The van der Waals surface area contributed by atoms with Crippen LogP contribution in [0.15, 0.2) is 49.6 Å². The summed E-state index contributed by atoms with van der Waals surface area (Å²) in [4.78, 5) is 16.6. The second-order valence-corrected chi connectivity index (χ2v) is 5.81. The van der Waals surface area contributed by atoms with E-state index in [4.69, 9.17) is 4.74 Å². The van der Waals surface area contributed by atoms with Crippen molar-refractivity contribution in [2.75, 3.05) is 46.4 Å². The average molecular weight is 329 g/mol. The highest BCUT2D eigenvalue weighted by Gasteiger charge is 2.28. The maximum Gasteiger partial charge on any atom is 0.237 e. The van der Waals surface area contributed by atoms with E-state index in [1.54, 1.807) is 24.2 Å². The Bertz CT molecular complexity index is 563. The van der Waals surface area contributed by atoms with Gasteiger partial charge < -0.3 is 15.0 Å². The molecule has 1 aliphatic heterocycles. The molecule has 1 aromatic carbocycles. The Morgan fingerprint density at radius 1 is 1.38 bits per heavy atom. The van der Waals surface area contributed by atoms with Crippen LogP contribution in [0.1, 0.15) is 11.6 Å². The molecule has 130 valence electrons. The van der Waals surface area contributed by atoms with Gasteiger partial charge in [-0.2, -0.15) is 0 Å². The molecule has 1 N–H and O–H groups in total. The molecule has 1 saturated heterocycles. The topological polar surface area (TPSA) is 44.8 Å². The van der Waals surface area contributed by atoms with E-state index in [2.05, 4.69) is 29.4 Å². The summed E-state index contributed by atoms with van der Waals surface area (Å²) in [6, 6.07) is 8.12. The van der Waals surface area contributed by atoms with Gasteiger partial charge in [0.15, 0.2) is 0 Å². The van der Waals surface area contributed by atoms with Crippen LogP contribution in [0.25, 0.3) is 0 Å². The van der Waals surface area contributed by atoms with Crippen LogP contribution in [-0.4, -0.2) is 62.1 Å². The van der Waals surface area contributed by atoms with Gasteiger partial charge in [-0.15, -0.1) is 13.2 Å². The standard InChI is InChI=1S/C19H27N3O2/c1-4-11-21(12-5-2)19(23)15-22-13-10-20-14-17(22)16-8-6-7-9-18(16)24-3/h4-9,17,20H,1-2,10-15H2,3H3. The van der Waals surface area contributed by atoms with Crippen LogP contribution in [0.4, 0.5) is 0 Å². The summed E-state index contributed by atoms with van der Waals surface area (Å²) in [5, 5.41) is 3.41. The summed E-state index contributed by atoms with van der Waals surface area (Å²) in [7, 11) is 1.68. The number of hydrogen-bond donors (Lipinski definition) is 1. The number of benzene rings is 1. The van der Waals surface area contributed by atoms with Crippen LogP contribution in [0, 0.1) is 0 Å². The molecule has 0 saturated carbocycles. The molecule has 1 amide bonds. The number of ether oxygens (including phenoxy) is 1. The second-order valence-electron chi connectivity index (χ2n) is 5.81. The zero-order chi connectivity index (χ0) is 17.4. The first-order valence-corrected chi connectivity index (χ1v) is 8.28. The maximum absolute atomic E-state index is 12.7. The van der Waals surface area contributed by atoms with Crippen molar-refractivity contribution < 1.29 is 9.53 Å². The Balaban J connectivity index is 2.15. The van der Waals surface area contributed by atoms with Crippen LogP contribution in [0.5, 0.6) is 5.75 Å². The molecule has 1 unspecified atom stereocenters. The summed E-state index contributed by atoms with van der Waals surface area (Å²) in [6.45, 7) is 11.4. The van der Waals surface area contributed by atoms with Gasteiger partial charge in [0, 0.05) is 38.3 Å². The molecule has 0 spiro atoms. The summed E-state index contributed by atoms with van der Waals surface area (Å²) < 4.78 is 5.50. The van der Waals surface area contributed by atoms with Gasteiger partial charge in [-0.1, -0.05) is 30.4 Å². The average Bonchev–Trinajstić information content (AvgIpc) is 2.62. The molecule has 5 heteroatoms. The third-order valence-corrected chi connectivity index (χ3v) is 4.24. The van der Waals surface area contributed by atoms with E-state index < -0.39 is 0 Å². The lowest BCUT2D eigenvalue weighted by Gasteiger charge is -2.37. The Morgan fingerprint density at radius 2 is 2.08 bits per heavy atom. The van der Waals surface area contributed by atoms with Gasteiger partial charge in [0.2, 0.25) is 5.91 Å². The number of piperazine rings is 1. The number of amides is 1. The van der Waals surface area contributed by atoms with E-state index in [-0.39, 0.29) is 11.9 Å². The molecule has 0 aromatic heterocycles. The summed E-state index contributed by atoms with van der Waals surface area (Å²) in [5.41, 5.74) is 1.11. The molecule has 1 aromatic rings. The fourth-order valence-corrected chi connectivity index (χ4v) is 3.05. The van der Waals surface area contributed by atoms with Crippen LogP contribution in [0.2, 0.25) is 0 Å². The summed E-state index contributed by atoms with van der Waals surface area (Å²) in [5.74, 6) is 0.953. The number of rotatable bonds is 8. The summed E-state index contributed by atoms with van der Waals surface area (Å²) >= 11 is 0. The number of para-hydroxylation sites is 1. The number of nitrogens with zero attached hydrogens (tertiary/aromatic N) is 2. The SMILES string of the molecule is C=CCN(CC=C)C(=O)CN1CCNCC1c1ccccc1OC. The molecule has 24 heavy (non-hydrogen) atoms. The van der Waals surface area contributed by atoms with Gasteiger partial charge in [-0.3, -0.25) is 9.69 Å². The molecule has 2 rings (SSSR count). The van der Waals surface area contributed by atoms with Crippen LogP contribution in [0.3, 0.4) is 0 Å². The highest BCUT2D eigenvalue weighted by molar-refractivity contribution is 5.78. The van der Waals surface area contributed by atoms with Crippen molar-refractivity contribution in [3.63, 3.8) is 0 Å². The second kappa shape index (κ2) is 9.25. The molecular formula is C19H27N3O2. The highest BCUT2D eigenvalue weighted by atomic mass is 16.5. The van der Waals surface area contributed by atoms with E-state index in [0.29, 0.717) is 19.6 Å². The number of methoxy groups -OCH3 is 1. The fraction of sp³-hybridized carbons (Fsp3) is 0.421. The van der Waals surface area contributed by atoms with Gasteiger partial charge in [0.25, 0.3) is 0 Å². The van der Waals surface area contributed by atoms with Crippen molar-refractivity contribution in [2.24, 2.45) is 0 Å². The van der Waals surface area contributed by atoms with E-state index in [1.165, 1.54) is 0 Å². The Hall–Kier alpha value is -2.11. The van der Waals surface area contributed by atoms with Gasteiger partial charge in [0.05, 0.1) is 19.7 Å². The molecule has 0 bridgehead atoms. The van der Waals surface area contributed by atoms with Crippen molar-refractivity contribution in [3.05, 3.63) is 55.1 Å². The molecule has 5 nitrogen and oxygen atoms in total. The number of carbonyl (C=O) groups excluding carboxylic acids is 1. The largest absolute Gasteiger partial charge is 0.496 e. The predicted molar refractivity (Wildman–Crippen MR) is 97.2 cm³/mol. The lowest BCUT2D eigenvalue weighted by molar-refractivity contribution is -0.132. The lowest BCUT2D eigenvalue weighted by atomic mass is 10.0. The predicted octanol–water partition coefficient (Wildman–Crippen LogP) is 1.84. The van der Waals surface area contributed by atoms with Crippen molar-refractivity contribution in [1.82, 2.24) is 15.1 Å². The van der Waals surface area contributed by atoms with Gasteiger partial charge in [-0.25, -0.2) is 0 Å². The monoisotopic (exact) mass is 329 g/mol. The minimum Gasteiger partial charge on any atom is -0.496 e. The van der Waals surface area contributed by atoms with E-state index in [9.17, 15) is 4.79 Å². The van der Waals surface area contributed by atoms with Crippen molar-refractivity contribution in [2.45, 2.75) is 6.04 Å². The zero-order valence-electron chi connectivity index (χ0n) is 14.4. The Kier molecular flexibility index (Phi) is 7.03. The molecule has 0 aliphatic carbocycles. The number of carbonyl (C=O) groups is 1. The smallest absolute Gasteiger partial charge is 0.237 e. The first kappa shape index (κ1) is 18.2. The van der Waals surface area contributed by atoms with Crippen molar-refractivity contribution in [1.29, 1.82) is 0 Å². The quantitative estimate of drug-likeness (QED) is 0.739. The molecule has 1 fully saturated rings. The van der Waals surface area contributed by atoms with Crippen LogP contribution in [-0.2, 0) is 4.79 Å². The molecule has 1 atom stereocenters. The number of nitrogens with one attached hydrogen (secondary N) is 1. The van der Waals surface area contributed by atoms with Crippen LogP contribution >= 0.6 is 0 Å². The van der Waals surface area contributed by atoms with Gasteiger partial charge in [-0.05, 0) is 6.07 Å². The van der Waals surface area contributed by atoms with Crippen LogP contribution < -0.4 is 10.1 Å². The Morgan fingerprint density at radius 3 is 2.75 bits per heavy atom. The minimum atomic E-state index is 0.0941. The molecule has 1 aliphatic rings. The first-order valence-electron chi connectivity index (χ1n) is 8.28. The lowest BCUT2D eigenvalue weighted by Crippen LogP contribution is -2.50. The summed E-state index contributed by atoms with van der Waals surface area (Å²) in [6.07, 6.45) is 3.49. The molecule has 1 heterocycles. The normalized spacial score (nSPS) is 18.0. The number of hydrogen-bond acceptors (Lipinski definition) is 4. The third-order valence-electron chi connectivity index (χ3n) is 4.24. The van der Waals surface area contributed by atoms with E-state index in [0.717, 1.165) is 30.9 Å². The zero-order valence-corrected chi connectivity index (χ0v) is 14.4. The molecule has 0 radical (unpaired) electrons. The van der Waals surface area contributed by atoms with E-state index in [1.807, 2.05) is 18.2 Å².